The molecule has 1 N–H and O–H groups in total. The van der Waals surface area contributed by atoms with Gasteiger partial charge in [0.1, 0.15) is 5.52 Å². The molecule has 1 unspecified atom stereocenters. The summed E-state index contributed by atoms with van der Waals surface area (Å²) in [5.41, 5.74) is 1.86. The van der Waals surface area contributed by atoms with Gasteiger partial charge in [-0.2, -0.15) is 0 Å². The van der Waals surface area contributed by atoms with Crippen molar-refractivity contribution in [3.63, 3.8) is 0 Å². The Kier molecular flexibility index (Phi) is 4.10. The number of nitrogens with zero attached hydrogens (tertiary/aromatic N) is 2. The summed E-state index contributed by atoms with van der Waals surface area (Å²) < 4.78 is 6.91. The molecule has 2 bridgehead atoms. The molecule has 134 valence electrons. The topological polar surface area (TPSA) is 58.4 Å². The number of carbonyl (C=O) groups excluding carboxylic acids is 1. The lowest BCUT2D eigenvalue weighted by atomic mass is 9.84. The first kappa shape index (κ1) is 16.5. The molecule has 0 spiro atoms. The molecule has 3 aliphatic heterocycles. The minimum Gasteiger partial charge on any atom is -0.435 e. The van der Waals surface area contributed by atoms with Crippen LogP contribution in [-0.2, 0) is 0 Å². The normalized spacial score (nSPS) is 24.9. The lowest BCUT2D eigenvalue weighted by Gasteiger charge is -2.44. The largest absolute Gasteiger partial charge is 0.435 e. The average Bonchev–Trinajstić information content (AvgIpc) is 3.28. The lowest BCUT2D eigenvalue weighted by molar-refractivity contribution is 0.0621. The third-order valence-electron chi connectivity index (χ3n) is 5.42. The van der Waals surface area contributed by atoms with E-state index >= 15 is 0 Å². The van der Waals surface area contributed by atoms with Gasteiger partial charge in [0.25, 0.3) is 5.91 Å². The van der Waals surface area contributed by atoms with E-state index in [1.54, 1.807) is 11.3 Å². The van der Waals surface area contributed by atoms with Crippen molar-refractivity contribution in [3.8, 4) is 10.8 Å². The first-order valence-electron chi connectivity index (χ1n) is 8.86. The Labute approximate surface area is 163 Å². The van der Waals surface area contributed by atoms with Crippen molar-refractivity contribution in [2.45, 2.75) is 18.9 Å². The minimum absolute atomic E-state index is 0.0541. The monoisotopic (exact) mass is 431 g/mol. The molecule has 7 heteroatoms. The predicted molar refractivity (Wildman–Crippen MR) is 105 cm³/mol. The quantitative estimate of drug-likeness (QED) is 0.676. The van der Waals surface area contributed by atoms with Crippen molar-refractivity contribution in [2.75, 3.05) is 19.6 Å². The van der Waals surface area contributed by atoms with E-state index in [0.717, 1.165) is 28.3 Å². The number of hydrogen-bond donors (Lipinski definition) is 1. The Morgan fingerprint density at radius 2 is 2.12 bits per heavy atom. The van der Waals surface area contributed by atoms with Gasteiger partial charge in [0.2, 0.25) is 5.89 Å². The maximum absolute atomic E-state index is 12.9. The van der Waals surface area contributed by atoms with Crippen LogP contribution in [0.25, 0.3) is 21.9 Å². The minimum atomic E-state index is -0.0541. The lowest BCUT2D eigenvalue weighted by Crippen LogP contribution is -2.57. The number of halogens is 1. The number of para-hydroxylation sites is 1. The van der Waals surface area contributed by atoms with Crippen molar-refractivity contribution in [3.05, 3.63) is 39.7 Å². The molecule has 5 heterocycles. The summed E-state index contributed by atoms with van der Waals surface area (Å²) in [4.78, 5) is 20.9. The molecule has 1 aromatic carbocycles. The Morgan fingerprint density at radius 1 is 1.27 bits per heavy atom. The highest BCUT2D eigenvalue weighted by atomic mass is 79.9. The number of aromatic nitrogens is 1. The second-order valence-electron chi connectivity index (χ2n) is 6.99. The van der Waals surface area contributed by atoms with Crippen molar-refractivity contribution in [1.82, 2.24) is 15.2 Å². The first-order valence-corrected chi connectivity index (χ1v) is 10.5. The van der Waals surface area contributed by atoms with E-state index in [1.165, 1.54) is 12.8 Å². The number of thiophene rings is 1. The third-order valence-corrected chi connectivity index (χ3v) is 7.03. The van der Waals surface area contributed by atoms with Gasteiger partial charge in [-0.3, -0.25) is 4.79 Å². The van der Waals surface area contributed by atoms with Crippen molar-refractivity contribution >= 4 is 44.3 Å². The van der Waals surface area contributed by atoms with Crippen LogP contribution in [0.2, 0.25) is 0 Å². The maximum Gasteiger partial charge on any atom is 0.253 e. The Balaban J connectivity index is 1.44. The van der Waals surface area contributed by atoms with Crippen molar-refractivity contribution in [2.24, 2.45) is 5.92 Å². The van der Waals surface area contributed by atoms with Gasteiger partial charge in [-0.1, -0.05) is 6.07 Å². The average molecular weight is 432 g/mol. The van der Waals surface area contributed by atoms with Gasteiger partial charge in [-0.15, -0.1) is 11.3 Å². The van der Waals surface area contributed by atoms with Gasteiger partial charge >= 0.3 is 0 Å². The number of oxazole rings is 1. The summed E-state index contributed by atoms with van der Waals surface area (Å²) in [7, 11) is 0. The standard InChI is InChI=1S/C19H18BrN3O2S/c20-16-5-4-15(26-16)19-22-17-12(2-1-3-14(17)25-19)18(24)21-13-10-23-8-6-11(13)7-9-23/h1-5,11,13H,6-10H2,(H,21,24). The molecule has 0 saturated carbocycles. The smallest absolute Gasteiger partial charge is 0.253 e. The highest BCUT2D eigenvalue weighted by molar-refractivity contribution is 9.11. The highest BCUT2D eigenvalue weighted by Gasteiger charge is 2.35. The fraction of sp³-hybridized carbons (Fsp3) is 0.368. The van der Waals surface area contributed by atoms with Gasteiger partial charge in [0.15, 0.2) is 5.58 Å². The molecule has 1 amide bonds. The number of rotatable bonds is 3. The van der Waals surface area contributed by atoms with Gasteiger partial charge in [-0.25, -0.2) is 4.98 Å². The van der Waals surface area contributed by atoms with Crippen LogP contribution in [0.5, 0.6) is 0 Å². The molecule has 3 saturated heterocycles. The number of amides is 1. The van der Waals surface area contributed by atoms with Gasteiger partial charge in [-0.05, 0) is 72.0 Å². The highest BCUT2D eigenvalue weighted by Crippen LogP contribution is 2.33. The molecule has 3 fully saturated rings. The number of benzene rings is 1. The number of hydrogen-bond acceptors (Lipinski definition) is 5. The molecule has 2 aromatic heterocycles. The SMILES string of the molecule is O=C(NC1CN2CCC1CC2)c1cccc2oc(-c3ccc(Br)s3)nc12. The van der Waals surface area contributed by atoms with Crippen LogP contribution < -0.4 is 5.32 Å². The summed E-state index contributed by atoms with van der Waals surface area (Å²) in [6.45, 7) is 3.28. The predicted octanol–water partition coefficient (Wildman–Crippen LogP) is 4.14. The van der Waals surface area contributed by atoms with Crippen LogP contribution in [0.15, 0.2) is 38.5 Å². The first-order chi connectivity index (χ1) is 12.7. The zero-order valence-corrected chi connectivity index (χ0v) is 16.5. The van der Waals surface area contributed by atoms with Crippen LogP contribution in [-0.4, -0.2) is 41.5 Å². The van der Waals surface area contributed by atoms with Crippen molar-refractivity contribution in [1.29, 1.82) is 0 Å². The molecular weight excluding hydrogens is 414 g/mol. The summed E-state index contributed by atoms with van der Waals surface area (Å²) in [5.74, 6) is 1.10. The molecular formula is C19H18BrN3O2S. The fourth-order valence-corrected chi connectivity index (χ4v) is 5.35. The summed E-state index contributed by atoms with van der Waals surface area (Å²) in [5, 5.41) is 3.24. The molecule has 26 heavy (non-hydrogen) atoms. The van der Waals surface area contributed by atoms with E-state index in [4.69, 9.17) is 4.42 Å². The third kappa shape index (κ3) is 2.88. The zero-order valence-electron chi connectivity index (χ0n) is 14.1. The Hall–Kier alpha value is -1.70. The number of fused-ring (bicyclic) bond motifs is 4. The van der Waals surface area contributed by atoms with E-state index < -0.39 is 0 Å². The molecule has 5 nitrogen and oxygen atoms in total. The van der Waals surface area contributed by atoms with Gasteiger partial charge < -0.3 is 14.6 Å². The number of carbonyl (C=O) groups is 1. The van der Waals surface area contributed by atoms with E-state index in [0.29, 0.717) is 28.5 Å². The van der Waals surface area contributed by atoms with E-state index in [9.17, 15) is 4.79 Å². The number of piperidine rings is 3. The molecule has 0 aliphatic carbocycles. The summed E-state index contributed by atoms with van der Waals surface area (Å²) >= 11 is 5.02. The number of nitrogens with one attached hydrogen (secondary N) is 1. The van der Waals surface area contributed by atoms with Crippen LogP contribution in [0.1, 0.15) is 23.2 Å². The summed E-state index contributed by atoms with van der Waals surface area (Å²) in [6, 6.07) is 9.71. The van der Waals surface area contributed by atoms with Crippen LogP contribution in [0, 0.1) is 5.92 Å². The second kappa shape index (κ2) is 6.48. The molecule has 3 aromatic rings. The van der Waals surface area contributed by atoms with Crippen molar-refractivity contribution < 1.29 is 9.21 Å². The Bertz CT molecular complexity index is 974. The van der Waals surface area contributed by atoms with Crippen LogP contribution >= 0.6 is 27.3 Å². The molecule has 6 rings (SSSR count). The van der Waals surface area contributed by atoms with Crippen LogP contribution in [0.3, 0.4) is 0 Å². The second-order valence-corrected chi connectivity index (χ2v) is 9.46. The van der Waals surface area contributed by atoms with Gasteiger partial charge in [0.05, 0.1) is 14.2 Å². The van der Waals surface area contributed by atoms with Crippen LogP contribution in [0.4, 0.5) is 0 Å². The molecule has 0 radical (unpaired) electrons. The maximum atomic E-state index is 12.9. The van der Waals surface area contributed by atoms with Gasteiger partial charge in [0, 0.05) is 12.6 Å². The summed E-state index contributed by atoms with van der Waals surface area (Å²) in [6.07, 6.45) is 2.35. The molecule has 3 aliphatic rings. The zero-order chi connectivity index (χ0) is 17.7. The Morgan fingerprint density at radius 3 is 2.81 bits per heavy atom. The van der Waals surface area contributed by atoms with E-state index in [-0.39, 0.29) is 11.9 Å². The van der Waals surface area contributed by atoms with E-state index in [2.05, 4.69) is 31.1 Å². The van der Waals surface area contributed by atoms with E-state index in [1.807, 2.05) is 30.3 Å². The fourth-order valence-electron chi connectivity index (χ4n) is 4.04. The molecule has 1 atom stereocenters.